The van der Waals surface area contributed by atoms with Gasteiger partial charge in [0.25, 0.3) is 5.91 Å². The molecule has 2 N–H and O–H groups in total. The van der Waals surface area contributed by atoms with Gasteiger partial charge in [-0.15, -0.1) is 11.3 Å². The van der Waals surface area contributed by atoms with Crippen LogP contribution in [0.2, 0.25) is 5.02 Å². The Bertz CT molecular complexity index is 396. The molecule has 3 nitrogen and oxygen atoms in total. The molecule has 1 aliphatic carbocycles. The van der Waals surface area contributed by atoms with E-state index < -0.39 is 0 Å². The summed E-state index contributed by atoms with van der Waals surface area (Å²) < 4.78 is 0. The first kappa shape index (κ1) is 9.63. The number of rotatable bonds is 2. The molecule has 2 aliphatic rings. The van der Waals surface area contributed by atoms with Gasteiger partial charge in [0.05, 0.1) is 5.02 Å². The monoisotopic (exact) mass is 242 g/mol. The second kappa shape index (κ2) is 3.47. The molecule has 80 valence electrons. The summed E-state index contributed by atoms with van der Waals surface area (Å²) in [5, 5.41) is 8.74. The highest BCUT2D eigenvalue weighted by Gasteiger charge is 2.53. The van der Waals surface area contributed by atoms with Crippen molar-refractivity contribution in [2.24, 2.45) is 11.8 Å². The smallest absolute Gasteiger partial charge is 0.263 e. The highest BCUT2D eigenvalue weighted by Crippen LogP contribution is 2.41. The van der Waals surface area contributed by atoms with E-state index in [0.29, 0.717) is 27.8 Å². The lowest BCUT2D eigenvalue weighted by Crippen LogP contribution is -2.32. The highest BCUT2D eigenvalue weighted by atomic mass is 35.5. The first-order chi connectivity index (χ1) is 7.27. The standard InChI is InChI=1S/C10H11ClN2OS/c11-7-1-2-15-9(7)10(14)13-8-5-3-12-4-6(5)8/h1-2,5-6,8,12H,3-4H2,(H,13,14). The van der Waals surface area contributed by atoms with Crippen LogP contribution in [0.3, 0.4) is 0 Å². The van der Waals surface area contributed by atoms with Crippen molar-refractivity contribution >= 4 is 28.8 Å². The van der Waals surface area contributed by atoms with Gasteiger partial charge in [-0.2, -0.15) is 0 Å². The fourth-order valence-corrected chi connectivity index (χ4v) is 3.35. The molecule has 2 atom stereocenters. The first-order valence-corrected chi connectivity index (χ1v) is 6.27. The summed E-state index contributed by atoms with van der Waals surface area (Å²) in [5.41, 5.74) is 0. The van der Waals surface area contributed by atoms with E-state index in [1.54, 1.807) is 6.07 Å². The summed E-state index contributed by atoms with van der Waals surface area (Å²) in [7, 11) is 0. The van der Waals surface area contributed by atoms with Crippen LogP contribution in [0.25, 0.3) is 0 Å². The normalized spacial score (nSPS) is 32.5. The zero-order chi connectivity index (χ0) is 10.4. The minimum absolute atomic E-state index is 0.0191. The van der Waals surface area contributed by atoms with Crippen LogP contribution in [0, 0.1) is 11.8 Å². The van der Waals surface area contributed by atoms with Crippen molar-refractivity contribution in [1.29, 1.82) is 0 Å². The van der Waals surface area contributed by atoms with Crippen molar-refractivity contribution in [3.63, 3.8) is 0 Å². The summed E-state index contributed by atoms with van der Waals surface area (Å²) in [4.78, 5) is 12.4. The molecule has 0 bridgehead atoms. The van der Waals surface area contributed by atoms with Crippen LogP contribution in [-0.4, -0.2) is 25.0 Å². The van der Waals surface area contributed by atoms with E-state index in [2.05, 4.69) is 10.6 Å². The third-order valence-electron chi connectivity index (χ3n) is 3.21. The van der Waals surface area contributed by atoms with Crippen LogP contribution in [-0.2, 0) is 0 Å². The Hall–Kier alpha value is -0.580. The minimum Gasteiger partial charge on any atom is -0.348 e. The Morgan fingerprint density at radius 1 is 1.53 bits per heavy atom. The fraction of sp³-hybridized carbons (Fsp3) is 0.500. The number of hydrogen-bond acceptors (Lipinski definition) is 3. The Balaban J connectivity index is 1.65. The second-order valence-electron chi connectivity index (χ2n) is 4.08. The first-order valence-electron chi connectivity index (χ1n) is 5.02. The molecule has 0 radical (unpaired) electrons. The number of fused-ring (bicyclic) bond motifs is 1. The average Bonchev–Trinajstić information content (AvgIpc) is 2.66. The van der Waals surface area contributed by atoms with Gasteiger partial charge < -0.3 is 10.6 Å². The van der Waals surface area contributed by atoms with E-state index in [-0.39, 0.29) is 5.91 Å². The second-order valence-corrected chi connectivity index (χ2v) is 5.41. The van der Waals surface area contributed by atoms with Crippen molar-refractivity contribution in [1.82, 2.24) is 10.6 Å². The van der Waals surface area contributed by atoms with E-state index in [0.717, 1.165) is 13.1 Å². The molecule has 1 aromatic rings. The molecule has 0 aromatic carbocycles. The number of carbonyl (C=O) groups is 1. The topological polar surface area (TPSA) is 41.1 Å². The van der Waals surface area contributed by atoms with Crippen molar-refractivity contribution < 1.29 is 4.79 Å². The number of carbonyl (C=O) groups excluding carboxylic acids is 1. The van der Waals surface area contributed by atoms with Crippen molar-refractivity contribution in [3.8, 4) is 0 Å². The molecule has 3 rings (SSSR count). The quantitative estimate of drug-likeness (QED) is 0.822. The van der Waals surface area contributed by atoms with E-state index in [4.69, 9.17) is 11.6 Å². The molecular formula is C10H11ClN2OS. The van der Waals surface area contributed by atoms with E-state index in [1.807, 2.05) is 5.38 Å². The van der Waals surface area contributed by atoms with Gasteiger partial charge in [0.2, 0.25) is 0 Å². The van der Waals surface area contributed by atoms with Crippen molar-refractivity contribution in [3.05, 3.63) is 21.3 Å². The molecule has 1 aromatic heterocycles. The SMILES string of the molecule is O=C(NC1C2CNCC21)c1sccc1Cl. The third-order valence-corrected chi connectivity index (χ3v) is 4.55. The largest absolute Gasteiger partial charge is 0.348 e. The van der Waals surface area contributed by atoms with Crippen LogP contribution in [0.1, 0.15) is 9.67 Å². The van der Waals surface area contributed by atoms with Gasteiger partial charge in [-0.05, 0) is 23.3 Å². The Kier molecular flexibility index (Phi) is 2.23. The number of amides is 1. The lowest BCUT2D eigenvalue weighted by Gasteiger charge is -2.06. The van der Waals surface area contributed by atoms with Crippen LogP contribution < -0.4 is 10.6 Å². The number of piperidine rings is 1. The molecule has 2 heterocycles. The molecule has 15 heavy (non-hydrogen) atoms. The lowest BCUT2D eigenvalue weighted by atomic mass is 10.4. The number of halogens is 1. The maximum Gasteiger partial charge on any atom is 0.263 e. The maximum atomic E-state index is 11.8. The zero-order valence-corrected chi connectivity index (χ0v) is 9.57. The van der Waals surface area contributed by atoms with Crippen LogP contribution in [0.4, 0.5) is 0 Å². The molecule has 1 saturated carbocycles. The lowest BCUT2D eigenvalue weighted by molar-refractivity contribution is 0.0951. The predicted molar refractivity (Wildman–Crippen MR) is 60.4 cm³/mol. The minimum atomic E-state index is -0.0191. The van der Waals surface area contributed by atoms with Gasteiger partial charge in [0.1, 0.15) is 4.88 Å². The predicted octanol–water partition coefficient (Wildman–Crippen LogP) is 1.35. The van der Waals surface area contributed by atoms with Gasteiger partial charge in [-0.1, -0.05) is 11.6 Å². The third kappa shape index (κ3) is 1.57. The number of nitrogens with one attached hydrogen (secondary N) is 2. The summed E-state index contributed by atoms with van der Waals surface area (Å²) in [5.74, 6) is 1.27. The molecular weight excluding hydrogens is 232 g/mol. The molecule has 1 saturated heterocycles. The molecule has 2 fully saturated rings. The highest BCUT2D eigenvalue weighted by molar-refractivity contribution is 7.12. The Morgan fingerprint density at radius 3 is 2.87 bits per heavy atom. The van der Waals surface area contributed by atoms with E-state index in [1.165, 1.54) is 11.3 Å². The van der Waals surface area contributed by atoms with Crippen molar-refractivity contribution in [2.75, 3.05) is 13.1 Å². The van der Waals surface area contributed by atoms with Gasteiger partial charge >= 0.3 is 0 Å². The van der Waals surface area contributed by atoms with Crippen molar-refractivity contribution in [2.45, 2.75) is 6.04 Å². The molecule has 2 unspecified atom stereocenters. The van der Waals surface area contributed by atoms with Gasteiger partial charge in [0.15, 0.2) is 0 Å². The zero-order valence-electron chi connectivity index (χ0n) is 8.00. The van der Waals surface area contributed by atoms with Gasteiger partial charge in [-0.3, -0.25) is 4.79 Å². The molecule has 1 amide bonds. The fourth-order valence-electron chi connectivity index (χ4n) is 2.31. The van der Waals surface area contributed by atoms with Crippen LogP contribution in [0.5, 0.6) is 0 Å². The summed E-state index contributed by atoms with van der Waals surface area (Å²) in [6.45, 7) is 2.07. The molecule has 5 heteroatoms. The summed E-state index contributed by atoms with van der Waals surface area (Å²) in [6.07, 6.45) is 0. The van der Waals surface area contributed by atoms with Crippen LogP contribution in [0.15, 0.2) is 11.4 Å². The van der Waals surface area contributed by atoms with E-state index in [9.17, 15) is 4.79 Å². The number of thiophene rings is 1. The maximum absolute atomic E-state index is 11.8. The molecule has 0 spiro atoms. The molecule has 1 aliphatic heterocycles. The Labute approximate surface area is 96.8 Å². The number of hydrogen-bond donors (Lipinski definition) is 2. The average molecular weight is 243 g/mol. The van der Waals surface area contributed by atoms with E-state index >= 15 is 0 Å². The Morgan fingerprint density at radius 2 is 2.27 bits per heavy atom. The summed E-state index contributed by atoms with van der Waals surface area (Å²) in [6, 6.07) is 2.13. The van der Waals surface area contributed by atoms with Gasteiger partial charge in [0, 0.05) is 19.1 Å². The van der Waals surface area contributed by atoms with Crippen LogP contribution >= 0.6 is 22.9 Å². The van der Waals surface area contributed by atoms with Gasteiger partial charge in [-0.25, -0.2) is 0 Å². The summed E-state index contributed by atoms with van der Waals surface area (Å²) >= 11 is 7.29.